The number of hydrogen-bond donors (Lipinski definition) is 4. The van der Waals surface area contributed by atoms with Crippen molar-refractivity contribution in [3.63, 3.8) is 0 Å². The van der Waals surface area contributed by atoms with Crippen LogP contribution in [0.5, 0.6) is 34.5 Å². The first-order valence-corrected chi connectivity index (χ1v) is 11.1. The number of phenolic OH excluding ortho intramolecular Hbond substituents is 2. The highest BCUT2D eigenvalue weighted by Crippen LogP contribution is 2.36. The summed E-state index contributed by atoms with van der Waals surface area (Å²) >= 11 is 0. The third-order valence-electron chi connectivity index (χ3n) is 5.53. The Morgan fingerprint density at radius 3 is 1.86 bits per heavy atom. The van der Waals surface area contributed by atoms with E-state index in [-0.39, 0.29) is 22.9 Å². The molecule has 0 saturated heterocycles. The average Bonchev–Trinajstić information content (AvgIpc) is 2.88. The molecule has 0 heterocycles. The van der Waals surface area contributed by atoms with Crippen LogP contribution in [-0.2, 0) is 0 Å². The summed E-state index contributed by atoms with van der Waals surface area (Å²) in [5.41, 5.74) is 13.5. The number of nitrogen functional groups attached to an aromatic ring is 2. The third-order valence-corrected chi connectivity index (χ3v) is 5.53. The van der Waals surface area contributed by atoms with E-state index in [0.717, 1.165) is 16.3 Å². The molecule has 6 N–H and O–H groups in total. The van der Waals surface area contributed by atoms with Gasteiger partial charge in [0, 0.05) is 23.1 Å². The molecular weight excluding hydrogens is 452 g/mol. The van der Waals surface area contributed by atoms with E-state index in [9.17, 15) is 10.2 Å². The van der Waals surface area contributed by atoms with Crippen molar-refractivity contribution < 1.29 is 19.7 Å². The van der Waals surface area contributed by atoms with Crippen LogP contribution in [0.15, 0.2) is 97.1 Å². The molecule has 0 aliphatic rings. The van der Waals surface area contributed by atoms with Crippen molar-refractivity contribution in [2.24, 2.45) is 0 Å². The van der Waals surface area contributed by atoms with Gasteiger partial charge in [-0.05, 0) is 66.0 Å². The minimum Gasteiger partial charge on any atom is -0.506 e. The van der Waals surface area contributed by atoms with Crippen molar-refractivity contribution in [2.45, 2.75) is 0 Å². The second-order valence-corrected chi connectivity index (χ2v) is 8.08. The Labute approximate surface area is 208 Å². The van der Waals surface area contributed by atoms with Crippen LogP contribution in [-0.4, -0.2) is 10.2 Å². The number of anilines is 2. The van der Waals surface area contributed by atoms with Gasteiger partial charge in [-0.1, -0.05) is 36.1 Å². The van der Waals surface area contributed by atoms with Gasteiger partial charge in [-0.25, -0.2) is 0 Å². The van der Waals surface area contributed by atoms with Crippen molar-refractivity contribution in [3.8, 4) is 46.3 Å². The van der Waals surface area contributed by atoms with Gasteiger partial charge in [0.2, 0.25) is 0 Å². The van der Waals surface area contributed by atoms with Crippen LogP contribution in [0.1, 0.15) is 11.1 Å². The van der Waals surface area contributed by atoms with E-state index in [1.807, 2.05) is 60.7 Å². The molecular formula is C30H22N2O4. The molecule has 0 aliphatic carbocycles. The first kappa shape index (κ1) is 22.5. The Kier molecular flexibility index (Phi) is 5.96. The van der Waals surface area contributed by atoms with Gasteiger partial charge in [-0.15, -0.1) is 0 Å². The van der Waals surface area contributed by atoms with Crippen LogP contribution in [0.2, 0.25) is 0 Å². The fourth-order valence-corrected chi connectivity index (χ4v) is 3.66. The summed E-state index contributed by atoms with van der Waals surface area (Å²) < 4.78 is 12.0. The van der Waals surface area contributed by atoms with Crippen molar-refractivity contribution in [2.75, 3.05) is 11.5 Å². The highest BCUT2D eigenvalue weighted by Gasteiger charge is 2.11. The van der Waals surface area contributed by atoms with Gasteiger partial charge in [0.1, 0.15) is 34.5 Å². The number of ether oxygens (including phenoxy) is 2. The predicted molar refractivity (Wildman–Crippen MR) is 142 cm³/mol. The first-order valence-electron chi connectivity index (χ1n) is 11.1. The Morgan fingerprint density at radius 2 is 1.19 bits per heavy atom. The molecule has 0 atom stereocenters. The zero-order chi connectivity index (χ0) is 25.1. The predicted octanol–water partition coefficient (Wildman–Crippen LogP) is 6.40. The molecule has 0 aliphatic heterocycles. The molecule has 0 saturated carbocycles. The molecule has 0 spiro atoms. The summed E-state index contributed by atoms with van der Waals surface area (Å²) in [4.78, 5) is 0. The Balaban J connectivity index is 1.56. The number of fused-ring (bicyclic) bond motifs is 1. The fraction of sp³-hybridized carbons (Fsp3) is 0. The van der Waals surface area contributed by atoms with Crippen LogP contribution < -0.4 is 20.9 Å². The molecule has 5 rings (SSSR count). The molecule has 5 aromatic carbocycles. The van der Waals surface area contributed by atoms with Crippen LogP contribution in [0.25, 0.3) is 10.8 Å². The minimum absolute atomic E-state index is 0.0396. The second-order valence-electron chi connectivity index (χ2n) is 8.08. The van der Waals surface area contributed by atoms with Crippen LogP contribution in [0.3, 0.4) is 0 Å². The molecule has 0 fully saturated rings. The molecule has 6 nitrogen and oxygen atoms in total. The summed E-state index contributed by atoms with van der Waals surface area (Å²) in [6.45, 7) is 0. The Bertz CT molecular complexity index is 1640. The second kappa shape index (κ2) is 9.53. The van der Waals surface area contributed by atoms with E-state index < -0.39 is 0 Å². The fourth-order valence-electron chi connectivity index (χ4n) is 3.66. The largest absolute Gasteiger partial charge is 0.506 e. The van der Waals surface area contributed by atoms with Gasteiger partial charge >= 0.3 is 0 Å². The molecule has 0 radical (unpaired) electrons. The van der Waals surface area contributed by atoms with Gasteiger partial charge in [0.15, 0.2) is 0 Å². The molecule has 0 unspecified atom stereocenters. The molecule has 0 bridgehead atoms. The zero-order valence-electron chi connectivity index (χ0n) is 19.1. The zero-order valence-corrected chi connectivity index (χ0v) is 19.1. The lowest BCUT2D eigenvalue weighted by Crippen LogP contribution is -1.93. The maximum atomic E-state index is 9.99. The number of rotatable bonds is 4. The van der Waals surface area contributed by atoms with Crippen LogP contribution in [0, 0.1) is 11.8 Å². The van der Waals surface area contributed by atoms with Crippen LogP contribution in [0.4, 0.5) is 11.4 Å². The number of phenols is 2. The maximum Gasteiger partial charge on any atom is 0.143 e. The number of benzene rings is 5. The molecule has 0 amide bonds. The molecule has 0 aromatic heterocycles. The lowest BCUT2D eigenvalue weighted by atomic mass is 10.0. The monoisotopic (exact) mass is 474 g/mol. The minimum atomic E-state index is -0.0549. The highest BCUT2D eigenvalue weighted by atomic mass is 16.5. The SMILES string of the molecule is Nc1ccc(Oc2ccc3c(C#Cc4ccccc4)c(Oc4ccc(N)c(O)c4)ccc3c2)cc1O. The molecule has 36 heavy (non-hydrogen) atoms. The van der Waals surface area contributed by atoms with E-state index in [0.29, 0.717) is 28.6 Å². The number of aromatic hydroxyl groups is 2. The van der Waals surface area contributed by atoms with Gasteiger partial charge < -0.3 is 31.2 Å². The smallest absolute Gasteiger partial charge is 0.143 e. The lowest BCUT2D eigenvalue weighted by molar-refractivity contribution is 0.455. The Hall–Kier alpha value is -5.28. The van der Waals surface area contributed by atoms with Crippen LogP contribution >= 0.6 is 0 Å². The quantitative estimate of drug-likeness (QED) is 0.136. The summed E-state index contributed by atoms with van der Waals surface area (Å²) in [7, 11) is 0. The van der Waals surface area contributed by atoms with E-state index in [1.54, 1.807) is 24.3 Å². The first-order chi connectivity index (χ1) is 17.5. The third kappa shape index (κ3) is 4.81. The van der Waals surface area contributed by atoms with Crippen molar-refractivity contribution >= 4 is 22.1 Å². The molecule has 176 valence electrons. The summed E-state index contributed by atoms with van der Waals surface area (Å²) in [6.07, 6.45) is 0. The lowest BCUT2D eigenvalue weighted by Gasteiger charge is -2.13. The van der Waals surface area contributed by atoms with Gasteiger partial charge in [-0.3, -0.25) is 0 Å². The summed E-state index contributed by atoms with van der Waals surface area (Å²) in [5, 5.41) is 21.6. The van der Waals surface area contributed by atoms with E-state index in [2.05, 4.69) is 11.8 Å². The molecule has 6 heteroatoms. The topological polar surface area (TPSA) is 111 Å². The maximum absolute atomic E-state index is 9.99. The van der Waals surface area contributed by atoms with Crippen molar-refractivity contribution in [1.29, 1.82) is 0 Å². The van der Waals surface area contributed by atoms with Gasteiger partial charge in [-0.2, -0.15) is 0 Å². The Morgan fingerprint density at radius 1 is 0.583 bits per heavy atom. The normalized spacial score (nSPS) is 10.4. The van der Waals surface area contributed by atoms with Gasteiger partial charge in [0.25, 0.3) is 0 Å². The number of nitrogens with two attached hydrogens (primary N) is 2. The van der Waals surface area contributed by atoms with Crippen molar-refractivity contribution in [1.82, 2.24) is 0 Å². The van der Waals surface area contributed by atoms with E-state index >= 15 is 0 Å². The van der Waals surface area contributed by atoms with E-state index in [1.165, 1.54) is 12.1 Å². The molecule has 5 aromatic rings. The van der Waals surface area contributed by atoms with Crippen molar-refractivity contribution in [3.05, 3.63) is 108 Å². The summed E-state index contributed by atoms with van der Waals surface area (Å²) in [6, 6.07) is 28.5. The standard InChI is InChI=1S/C30H22N2O4/c31-26-13-9-22(17-28(26)33)35-21-8-12-24-20(16-21)7-15-30(36-23-10-14-27(32)29(34)18-23)25(24)11-6-19-4-2-1-3-5-19/h1-5,7-10,12-18,33-34H,31-32H2. The van der Waals surface area contributed by atoms with E-state index in [4.69, 9.17) is 20.9 Å². The summed E-state index contributed by atoms with van der Waals surface area (Å²) in [5.74, 6) is 8.38. The van der Waals surface area contributed by atoms with Gasteiger partial charge in [0.05, 0.1) is 16.9 Å². The average molecular weight is 475 g/mol. The number of hydrogen-bond acceptors (Lipinski definition) is 6. The highest BCUT2D eigenvalue weighted by molar-refractivity contribution is 5.92.